The molecular formula is C16H16BrNO3S. The Bertz CT molecular complexity index is 709. The number of esters is 1. The van der Waals surface area contributed by atoms with Crippen LogP contribution in [0.15, 0.2) is 33.7 Å². The van der Waals surface area contributed by atoms with Crippen molar-refractivity contribution in [1.29, 1.82) is 0 Å². The highest BCUT2D eigenvalue weighted by molar-refractivity contribution is 9.10. The number of hydrogen-bond donors (Lipinski definition) is 0. The Balaban J connectivity index is 2.26. The van der Waals surface area contributed by atoms with Crippen molar-refractivity contribution in [3.05, 3.63) is 44.7 Å². The van der Waals surface area contributed by atoms with Crippen molar-refractivity contribution in [2.75, 3.05) is 13.7 Å². The molecule has 0 saturated heterocycles. The van der Waals surface area contributed by atoms with Crippen molar-refractivity contribution in [3.63, 3.8) is 0 Å². The van der Waals surface area contributed by atoms with Gasteiger partial charge in [0.15, 0.2) is 0 Å². The summed E-state index contributed by atoms with van der Waals surface area (Å²) in [7, 11) is 1.62. The SMILES string of the molecule is CCOC(=O)c1sc(N=Cc2cc(Br)ccc2OC)cc1C. The number of ether oxygens (including phenoxy) is 2. The number of carbonyl (C=O) groups is 1. The van der Waals surface area contributed by atoms with E-state index in [2.05, 4.69) is 20.9 Å². The number of carbonyl (C=O) groups excluding carboxylic acids is 1. The van der Waals surface area contributed by atoms with Crippen molar-refractivity contribution >= 4 is 44.5 Å². The van der Waals surface area contributed by atoms with Crippen molar-refractivity contribution in [3.8, 4) is 5.75 Å². The molecule has 1 aromatic carbocycles. The normalized spacial score (nSPS) is 10.9. The van der Waals surface area contributed by atoms with Gasteiger partial charge in [0.1, 0.15) is 15.6 Å². The molecule has 1 heterocycles. The molecule has 0 saturated carbocycles. The van der Waals surface area contributed by atoms with Crippen LogP contribution < -0.4 is 4.74 Å². The highest BCUT2D eigenvalue weighted by Gasteiger charge is 2.14. The summed E-state index contributed by atoms with van der Waals surface area (Å²) in [5, 5.41) is 0.752. The number of thiophene rings is 1. The fraction of sp³-hybridized carbons (Fsp3) is 0.250. The molecule has 0 bridgehead atoms. The van der Waals surface area contributed by atoms with E-state index in [0.717, 1.165) is 26.4 Å². The zero-order chi connectivity index (χ0) is 16.1. The molecule has 0 aliphatic rings. The molecule has 0 unspecified atom stereocenters. The fourth-order valence-electron chi connectivity index (χ4n) is 1.87. The van der Waals surface area contributed by atoms with E-state index >= 15 is 0 Å². The topological polar surface area (TPSA) is 47.9 Å². The summed E-state index contributed by atoms with van der Waals surface area (Å²) in [5.41, 5.74) is 1.73. The first-order chi connectivity index (χ1) is 10.5. The highest BCUT2D eigenvalue weighted by atomic mass is 79.9. The van der Waals surface area contributed by atoms with Crippen LogP contribution in [0.3, 0.4) is 0 Å². The van der Waals surface area contributed by atoms with Crippen LogP contribution in [0.1, 0.15) is 27.7 Å². The molecule has 0 N–H and O–H groups in total. The van der Waals surface area contributed by atoms with Crippen LogP contribution in [-0.2, 0) is 4.74 Å². The van der Waals surface area contributed by atoms with E-state index in [9.17, 15) is 4.79 Å². The van der Waals surface area contributed by atoms with Gasteiger partial charge in [0.2, 0.25) is 0 Å². The summed E-state index contributed by atoms with van der Waals surface area (Å²) < 4.78 is 11.3. The van der Waals surface area contributed by atoms with E-state index in [1.807, 2.05) is 31.2 Å². The average molecular weight is 382 g/mol. The molecule has 0 amide bonds. The Kier molecular flexibility index (Phi) is 5.74. The minimum atomic E-state index is -0.300. The standard InChI is InChI=1S/C16H16BrNO3S/c1-4-21-16(19)15-10(2)7-14(22-15)18-9-11-8-12(17)5-6-13(11)20-3/h5-9H,4H2,1-3H3. The lowest BCUT2D eigenvalue weighted by Crippen LogP contribution is -2.03. The molecule has 0 radical (unpaired) electrons. The van der Waals surface area contributed by atoms with Gasteiger partial charge >= 0.3 is 5.97 Å². The second-order valence-corrected chi connectivity index (χ2v) is 6.41. The lowest BCUT2D eigenvalue weighted by molar-refractivity contribution is 0.0531. The van der Waals surface area contributed by atoms with Crippen LogP contribution in [0.25, 0.3) is 0 Å². The minimum absolute atomic E-state index is 0.300. The molecule has 2 aromatic rings. The van der Waals surface area contributed by atoms with E-state index in [1.165, 1.54) is 11.3 Å². The Morgan fingerprint density at radius 2 is 2.18 bits per heavy atom. The first kappa shape index (κ1) is 16.7. The Morgan fingerprint density at radius 3 is 2.86 bits per heavy atom. The smallest absolute Gasteiger partial charge is 0.348 e. The fourth-order valence-corrected chi connectivity index (χ4v) is 3.16. The zero-order valence-corrected chi connectivity index (χ0v) is 15.0. The van der Waals surface area contributed by atoms with Crippen molar-refractivity contribution in [2.24, 2.45) is 4.99 Å². The molecule has 6 heteroatoms. The molecule has 0 aliphatic heterocycles. The quantitative estimate of drug-likeness (QED) is 0.554. The second-order valence-electron chi connectivity index (χ2n) is 4.46. The summed E-state index contributed by atoms with van der Waals surface area (Å²) in [6.07, 6.45) is 1.73. The third-order valence-electron chi connectivity index (χ3n) is 2.89. The van der Waals surface area contributed by atoms with Crippen LogP contribution in [0.4, 0.5) is 5.00 Å². The lowest BCUT2D eigenvalue weighted by Gasteiger charge is -2.03. The van der Waals surface area contributed by atoms with Gasteiger partial charge in [-0.05, 0) is 43.7 Å². The van der Waals surface area contributed by atoms with Gasteiger partial charge < -0.3 is 9.47 Å². The number of benzene rings is 1. The number of aliphatic imine (C=N–C) groups is 1. The number of hydrogen-bond acceptors (Lipinski definition) is 5. The Hall–Kier alpha value is -1.66. The summed E-state index contributed by atoms with van der Waals surface area (Å²) in [4.78, 5) is 16.8. The highest BCUT2D eigenvalue weighted by Crippen LogP contribution is 2.30. The van der Waals surface area contributed by atoms with Crippen molar-refractivity contribution in [2.45, 2.75) is 13.8 Å². The van der Waals surface area contributed by atoms with Crippen molar-refractivity contribution < 1.29 is 14.3 Å². The van der Waals surface area contributed by atoms with Crippen LogP contribution in [0, 0.1) is 6.92 Å². The molecule has 116 valence electrons. The number of halogens is 1. The first-order valence-corrected chi connectivity index (χ1v) is 8.31. The first-order valence-electron chi connectivity index (χ1n) is 6.70. The number of aryl methyl sites for hydroxylation is 1. The summed E-state index contributed by atoms with van der Waals surface area (Å²) in [5.74, 6) is 0.442. The van der Waals surface area contributed by atoms with Crippen LogP contribution in [0.2, 0.25) is 0 Å². The summed E-state index contributed by atoms with van der Waals surface area (Å²) >= 11 is 4.75. The largest absolute Gasteiger partial charge is 0.496 e. The summed E-state index contributed by atoms with van der Waals surface area (Å²) in [6, 6.07) is 7.58. The maximum atomic E-state index is 11.8. The predicted molar refractivity (Wildman–Crippen MR) is 93.0 cm³/mol. The van der Waals surface area contributed by atoms with E-state index in [1.54, 1.807) is 20.2 Å². The predicted octanol–water partition coefficient (Wildman–Crippen LogP) is 4.75. The monoisotopic (exact) mass is 381 g/mol. The molecule has 4 nitrogen and oxygen atoms in total. The molecule has 22 heavy (non-hydrogen) atoms. The third kappa shape index (κ3) is 3.96. The number of nitrogens with zero attached hydrogens (tertiary/aromatic N) is 1. The van der Waals surface area contributed by atoms with Crippen LogP contribution in [0.5, 0.6) is 5.75 Å². The molecule has 1 aromatic heterocycles. The Morgan fingerprint density at radius 1 is 1.41 bits per heavy atom. The summed E-state index contributed by atoms with van der Waals surface area (Å²) in [6.45, 7) is 4.03. The number of methoxy groups -OCH3 is 1. The molecule has 0 spiro atoms. The molecule has 0 aliphatic carbocycles. The van der Waals surface area contributed by atoms with Gasteiger partial charge in [-0.15, -0.1) is 11.3 Å². The van der Waals surface area contributed by atoms with Gasteiger partial charge in [-0.1, -0.05) is 15.9 Å². The maximum Gasteiger partial charge on any atom is 0.348 e. The molecule has 0 fully saturated rings. The Labute approximate surface area is 141 Å². The van der Waals surface area contributed by atoms with Crippen LogP contribution in [-0.4, -0.2) is 25.9 Å². The number of rotatable bonds is 5. The van der Waals surface area contributed by atoms with Crippen LogP contribution >= 0.6 is 27.3 Å². The van der Waals surface area contributed by atoms with Gasteiger partial charge in [-0.25, -0.2) is 9.79 Å². The molecule has 0 atom stereocenters. The van der Waals surface area contributed by atoms with Gasteiger partial charge in [-0.2, -0.15) is 0 Å². The second kappa shape index (κ2) is 7.56. The van der Waals surface area contributed by atoms with Gasteiger partial charge in [0, 0.05) is 16.3 Å². The van der Waals surface area contributed by atoms with Gasteiger partial charge in [0.25, 0.3) is 0 Å². The van der Waals surface area contributed by atoms with Crippen molar-refractivity contribution in [1.82, 2.24) is 0 Å². The van der Waals surface area contributed by atoms with E-state index in [-0.39, 0.29) is 5.97 Å². The van der Waals surface area contributed by atoms with E-state index < -0.39 is 0 Å². The molecule has 2 rings (SSSR count). The van der Waals surface area contributed by atoms with Gasteiger partial charge in [0.05, 0.1) is 13.7 Å². The maximum absolute atomic E-state index is 11.8. The third-order valence-corrected chi connectivity index (χ3v) is 4.51. The van der Waals surface area contributed by atoms with E-state index in [0.29, 0.717) is 11.5 Å². The molecular weight excluding hydrogens is 366 g/mol. The average Bonchev–Trinajstić information content (AvgIpc) is 2.86. The van der Waals surface area contributed by atoms with E-state index in [4.69, 9.17) is 9.47 Å². The lowest BCUT2D eigenvalue weighted by atomic mass is 10.2. The zero-order valence-electron chi connectivity index (χ0n) is 12.6. The minimum Gasteiger partial charge on any atom is -0.496 e. The van der Waals surface area contributed by atoms with Gasteiger partial charge in [-0.3, -0.25) is 0 Å².